The molecule has 2 atom stereocenters. The van der Waals surface area contributed by atoms with Crippen molar-refractivity contribution in [1.29, 1.82) is 0 Å². The lowest BCUT2D eigenvalue weighted by Crippen LogP contribution is -2.52. The number of aryl methyl sites for hydroxylation is 2. The molecule has 214 valence electrons. The van der Waals surface area contributed by atoms with Crippen LogP contribution in [0.4, 0.5) is 0 Å². The summed E-state index contributed by atoms with van der Waals surface area (Å²) in [6.07, 6.45) is 6.59. The van der Waals surface area contributed by atoms with E-state index in [-0.39, 0.29) is 18.1 Å². The van der Waals surface area contributed by atoms with Gasteiger partial charge in [-0.2, -0.15) is 0 Å². The zero-order valence-corrected chi connectivity index (χ0v) is 24.1. The molecule has 2 saturated heterocycles. The number of nitrogens with zero attached hydrogens (tertiary/aromatic N) is 2. The fourth-order valence-corrected chi connectivity index (χ4v) is 6.58. The standard InChI is InChI=1S/C33H42N2O5/c1-23-18-29(32-24(2)27(33(37)40-30(32)19-23)20-25-10-5-4-6-11-25)39-22-31(36)35(16-17-38-3)21-26-12-9-15-34-14-8-7-13-28(26)34/h4-6,10-11,18-19,26,28H,7-9,12-17,20-22H2,1-3H3/t26-,28+/m0/s1. The second-order valence-electron chi connectivity index (χ2n) is 11.4. The van der Waals surface area contributed by atoms with Gasteiger partial charge >= 0.3 is 5.63 Å². The van der Waals surface area contributed by atoms with E-state index < -0.39 is 0 Å². The lowest BCUT2D eigenvalue weighted by Gasteiger charge is -2.45. The molecule has 1 amide bonds. The molecule has 3 aromatic rings. The molecule has 0 spiro atoms. The normalized spacial score (nSPS) is 19.4. The van der Waals surface area contributed by atoms with Crippen molar-refractivity contribution in [2.24, 2.45) is 5.92 Å². The third-order valence-electron chi connectivity index (χ3n) is 8.66. The van der Waals surface area contributed by atoms with Crippen molar-refractivity contribution in [1.82, 2.24) is 9.80 Å². The van der Waals surface area contributed by atoms with Crippen molar-refractivity contribution in [3.63, 3.8) is 0 Å². The van der Waals surface area contributed by atoms with Crippen molar-refractivity contribution < 1.29 is 18.7 Å². The Balaban J connectivity index is 1.36. The highest BCUT2D eigenvalue weighted by atomic mass is 16.5. The molecule has 0 radical (unpaired) electrons. The van der Waals surface area contributed by atoms with Gasteiger partial charge in [0.05, 0.1) is 12.0 Å². The van der Waals surface area contributed by atoms with Crippen LogP contribution in [0.1, 0.15) is 54.4 Å². The lowest BCUT2D eigenvalue weighted by molar-refractivity contribution is -0.135. The monoisotopic (exact) mass is 546 g/mol. The zero-order valence-electron chi connectivity index (χ0n) is 24.1. The number of amides is 1. The molecule has 3 heterocycles. The molecule has 0 bridgehead atoms. The highest BCUT2D eigenvalue weighted by Crippen LogP contribution is 2.33. The van der Waals surface area contributed by atoms with E-state index in [0.717, 1.165) is 35.0 Å². The molecule has 2 aromatic carbocycles. The third-order valence-corrected chi connectivity index (χ3v) is 8.66. The molecule has 5 rings (SSSR count). The van der Waals surface area contributed by atoms with Crippen LogP contribution in [0.25, 0.3) is 11.0 Å². The van der Waals surface area contributed by atoms with Gasteiger partial charge in [-0.3, -0.25) is 4.79 Å². The van der Waals surface area contributed by atoms with Crippen LogP contribution >= 0.6 is 0 Å². The van der Waals surface area contributed by atoms with Crippen LogP contribution in [0.2, 0.25) is 0 Å². The zero-order chi connectivity index (χ0) is 28.1. The molecule has 7 heteroatoms. The largest absolute Gasteiger partial charge is 0.483 e. The first kappa shape index (κ1) is 28.4. The van der Waals surface area contributed by atoms with E-state index in [1.54, 1.807) is 7.11 Å². The molecule has 40 heavy (non-hydrogen) atoms. The highest BCUT2D eigenvalue weighted by molar-refractivity contribution is 5.89. The van der Waals surface area contributed by atoms with Crippen molar-refractivity contribution in [3.05, 3.63) is 75.1 Å². The van der Waals surface area contributed by atoms with E-state index in [1.807, 2.05) is 61.2 Å². The lowest BCUT2D eigenvalue weighted by atomic mass is 9.83. The Morgan fingerprint density at radius 1 is 1.07 bits per heavy atom. The van der Waals surface area contributed by atoms with Gasteiger partial charge in [0.2, 0.25) is 0 Å². The number of benzene rings is 2. The summed E-state index contributed by atoms with van der Waals surface area (Å²) in [6.45, 7) is 7.93. The topological polar surface area (TPSA) is 72.2 Å². The minimum absolute atomic E-state index is 0.0424. The Bertz CT molecular complexity index is 1370. The van der Waals surface area contributed by atoms with Crippen LogP contribution in [0.5, 0.6) is 5.75 Å². The van der Waals surface area contributed by atoms with Gasteiger partial charge in [-0.25, -0.2) is 4.79 Å². The Morgan fingerprint density at radius 3 is 2.67 bits per heavy atom. The van der Waals surface area contributed by atoms with E-state index in [1.165, 1.54) is 38.8 Å². The molecule has 2 fully saturated rings. The number of piperidine rings is 2. The third kappa shape index (κ3) is 6.42. The molecule has 0 aliphatic carbocycles. The van der Waals surface area contributed by atoms with E-state index in [0.29, 0.717) is 48.4 Å². The van der Waals surface area contributed by atoms with E-state index in [2.05, 4.69) is 4.90 Å². The molecule has 7 nitrogen and oxygen atoms in total. The number of hydrogen-bond acceptors (Lipinski definition) is 6. The number of rotatable bonds is 10. The minimum Gasteiger partial charge on any atom is -0.483 e. The summed E-state index contributed by atoms with van der Waals surface area (Å²) in [5.74, 6) is 1.01. The average Bonchev–Trinajstić information content (AvgIpc) is 2.96. The fraction of sp³-hybridized carbons (Fsp3) is 0.515. The summed E-state index contributed by atoms with van der Waals surface area (Å²) in [5.41, 5.74) is 3.52. The van der Waals surface area contributed by atoms with E-state index >= 15 is 0 Å². The smallest absolute Gasteiger partial charge is 0.340 e. The second-order valence-corrected chi connectivity index (χ2v) is 11.4. The number of ether oxygens (including phenoxy) is 2. The molecule has 2 aliphatic heterocycles. The summed E-state index contributed by atoms with van der Waals surface area (Å²) in [7, 11) is 1.67. The van der Waals surface area contributed by atoms with Crippen molar-refractivity contribution in [2.75, 3.05) is 46.5 Å². The molecule has 0 N–H and O–H groups in total. The number of carbonyl (C=O) groups excluding carboxylic acids is 1. The molecule has 2 aliphatic rings. The SMILES string of the molecule is COCCN(C[C@@H]1CCCN2CCCC[C@H]12)C(=O)COc1cc(C)cc2oc(=O)c(Cc3ccccc3)c(C)c12. The first-order valence-electron chi connectivity index (χ1n) is 14.7. The number of hydrogen-bond donors (Lipinski definition) is 0. The summed E-state index contributed by atoms with van der Waals surface area (Å²) in [6, 6.07) is 14.2. The van der Waals surface area contributed by atoms with Crippen LogP contribution in [-0.2, 0) is 16.0 Å². The maximum absolute atomic E-state index is 13.6. The Labute approximate surface area is 237 Å². The Morgan fingerprint density at radius 2 is 1.88 bits per heavy atom. The van der Waals surface area contributed by atoms with Gasteiger partial charge in [0, 0.05) is 38.2 Å². The van der Waals surface area contributed by atoms with Gasteiger partial charge < -0.3 is 23.7 Å². The average molecular weight is 547 g/mol. The first-order valence-corrected chi connectivity index (χ1v) is 14.7. The minimum atomic E-state index is -0.337. The van der Waals surface area contributed by atoms with Crippen molar-refractivity contribution >= 4 is 16.9 Å². The molecular formula is C33H42N2O5. The Kier molecular flexibility index (Phi) is 9.22. The summed E-state index contributed by atoms with van der Waals surface area (Å²) < 4.78 is 17.4. The predicted molar refractivity (Wildman–Crippen MR) is 157 cm³/mol. The van der Waals surface area contributed by atoms with Gasteiger partial charge in [-0.1, -0.05) is 36.8 Å². The van der Waals surface area contributed by atoms with Crippen molar-refractivity contribution in [3.8, 4) is 5.75 Å². The van der Waals surface area contributed by atoms with E-state index in [9.17, 15) is 9.59 Å². The van der Waals surface area contributed by atoms with E-state index in [4.69, 9.17) is 13.9 Å². The predicted octanol–water partition coefficient (Wildman–Crippen LogP) is 5.12. The van der Waals surface area contributed by atoms with Gasteiger partial charge in [0.15, 0.2) is 6.61 Å². The van der Waals surface area contributed by atoms with Gasteiger partial charge in [0.1, 0.15) is 11.3 Å². The highest BCUT2D eigenvalue weighted by Gasteiger charge is 2.34. The van der Waals surface area contributed by atoms with Crippen LogP contribution in [0.3, 0.4) is 0 Å². The number of carbonyl (C=O) groups is 1. The summed E-state index contributed by atoms with van der Waals surface area (Å²) >= 11 is 0. The number of fused-ring (bicyclic) bond motifs is 2. The first-order chi connectivity index (χ1) is 19.4. The summed E-state index contributed by atoms with van der Waals surface area (Å²) in [4.78, 5) is 31.1. The number of methoxy groups -OCH3 is 1. The second kappa shape index (κ2) is 13.0. The van der Waals surface area contributed by atoms with Crippen LogP contribution in [0, 0.1) is 19.8 Å². The fourth-order valence-electron chi connectivity index (χ4n) is 6.58. The molecule has 0 unspecified atom stereocenters. The van der Waals surface area contributed by atoms with Crippen LogP contribution in [0.15, 0.2) is 51.7 Å². The van der Waals surface area contributed by atoms with Crippen LogP contribution < -0.4 is 10.4 Å². The van der Waals surface area contributed by atoms with Crippen LogP contribution in [-0.4, -0.2) is 68.3 Å². The summed E-state index contributed by atoms with van der Waals surface area (Å²) in [5, 5.41) is 0.748. The molecular weight excluding hydrogens is 504 g/mol. The van der Waals surface area contributed by atoms with Gasteiger partial charge in [0.25, 0.3) is 5.91 Å². The molecule has 0 saturated carbocycles. The maximum Gasteiger partial charge on any atom is 0.340 e. The Hall–Kier alpha value is -3.16. The maximum atomic E-state index is 13.6. The quantitative estimate of drug-likeness (QED) is 0.329. The molecule has 1 aromatic heterocycles. The van der Waals surface area contributed by atoms with Gasteiger partial charge in [-0.15, -0.1) is 0 Å². The van der Waals surface area contributed by atoms with Gasteiger partial charge in [-0.05, 0) is 87.4 Å². The van der Waals surface area contributed by atoms with Crippen molar-refractivity contribution in [2.45, 2.75) is 58.4 Å².